The van der Waals surface area contributed by atoms with Crippen molar-refractivity contribution in [1.82, 2.24) is 31.9 Å². The molecule has 3 aromatic carbocycles. The summed E-state index contributed by atoms with van der Waals surface area (Å²) in [5.41, 5.74) is 1.75. The topological polar surface area (TPSA) is 232 Å². The van der Waals surface area contributed by atoms with Gasteiger partial charge in [0.05, 0.1) is 23.0 Å². The lowest BCUT2D eigenvalue weighted by Gasteiger charge is -2.25. The first-order valence-corrected chi connectivity index (χ1v) is 17.0. The minimum absolute atomic E-state index is 0.0361. The zero-order chi connectivity index (χ0) is 39.1. The second kappa shape index (κ2) is 20.4. The van der Waals surface area contributed by atoms with Crippen molar-refractivity contribution in [3.8, 4) is 5.75 Å². The fraction of sp³-hybridized carbons (Fsp3) is 0.306. The number of hydrogen-bond donors (Lipinski definition) is 8. The van der Waals surface area contributed by atoms with Crippen molar-refractivity contribution >= 4 is 64.6 Å². The Bertz CT molecular complexity index is 1780. The van der Waals surface area contributed by atoms with E-state index in [4.69, 9.17) is 23.2 Å². The lowest BCUT2D eigenvalue weighted by molar-refractivity contribution is -0.141. The molecule has 53 heavy (non-hydrogen) atoms. The van der Waals surface area contributed by atoms with Crippen LogP contribution in [0.1, 0.15) is 30.0 Å². The third-order valence-corrected chi connectivity index (χ3v) is 8.48. The van der Waals surface area contributed by atoms with Gasteiger partial charge < -0.3 is 42.1 Å². The van der Waals surface area contributed by atoms with Gasteiger partial charge in [0.1, 0.15) is 29.9 Å². The zero-order valence-electron chi connectivity index (χ0n) is 28.8. The third-order valence-electron chi connectivity index (χ3n) is 7.74. The molecule has 0 aliphatic carbocycles. The normalized spacial score (nSPS) is 12.9. The molecular formula is C36H40Cl2N6O9. The Hall–Kier alpha value is -5.67. The molecule has 282 valence electrons. The number of halogens is 2. The predicted octanol–water partition coefficient (Wildman–Crippen LogP) is 1.02. The summed E-state index contributed by atoms with van der Waals surface area (Å²) in [7, 11) is 1.40. The highest BCUT2D eigenvalue weighted by molar-refractivity contribution is 6.42. The van der Waals surface area contributed by atoms with Gasteiger partial charge in [-0.2, -0.15) is 0 Å². The number of rotatable bonds is 18. The third kappa shape index (κ3) is 14.1. The fourth-order valence-corrected chi connectivity index (χ4v) is 5.45. The number of carboxylic acids is 1. The molecule has 0 heterocycles. The van der Waals surface area contributed by atoms with E-state index in [1.54, 1.807) is 48.5 Å². The van der Waals surface area contributed by atoms with E-state index in [1.165, 1.54) is 31.3 Å². The number of hydrogen-bond acceptors (Lipinski definition) is 8. The molecule has 0 aromatic heterocycles. The monoisotopic (exact) mass is 770 g/mol. The van der Waals surface area contributed by atoms with Crippen molar-refractivity contribution in [2.45, 2.75) is 56.8 Å². The van der Waals surface area contributed by atoms with Crippen LogP contribution in [0, 0.1) is 0 Å². The van der Waals surface area contributed by atoms with Gasteiger partial charge in [0.15, 0.2) is 0 Å². The highest BCUT2D eigenvalue weighted by atomic mass is 35.5. The van der Waals surface area contributed by atoms with E-state index < -0.39 is 78.5 Å². The first-order chi connectivity index (χ1) is 25.1. The smallest absolute Gasteiger partial charge is 0.305 e. The van der Waals surface area contributed by atoms with Crippen LogP contribution in [0.2, 0.25) is 10.0 Å². The van der Waals surface area contributed by atoms with Gasteiger partial charge in [-0.05, 0) is 41.0 Å². The number of likely N-dealkylation sites (N-methyl/N-ethyl adjacent to an activating group) is 1. The maximum absolute atomic E-state index is 13.8. The molecular weight excluding hydrogens is 731 g/mol. The molecule has 0 bridgehead atoms. The van der Waals surface area contributed by atoms with Gasteiger partial charge in [0, 0.05) is 33.2 Å². The minimum Gasteiger partial charge on any atom is -0.508 e. The van der Waals surface area contributed by atoms with Crippen molar-refractivity contribution in [1.29, 1.82) is 0 Å². The molecule has 0 unspecified atom stereocenters. The van der Waals surface area contributed by atoms with Crippen molar-refractivity contribution in [2.75, 3.05) is 13.6 Å². The molecule has 0 radical (unpaired) electrons. The largest absolute Gasteiger partial charge is 0.508 e. The number of carboxylic acid groups (broad SMARTS) is 1. The first kappa shape index (κ1) is 41.7. The van der Waals surface area contributed by atoms with E-state index in [-0.39, 0.29) is 30.0 Å². The summed E-state index contributed by atoms with van der Waals surface area (Å²) in [4.78, 5) is 89.3. The van der Waals surface area contributed by atoms with Gasteiger partial charge in [0.25, 0.3) is 0 Å². The molecule has 0 saturated carbocycles. The molecule has 3 aromatic rings. The quantitative estimate of drug-likeness (QED) is 0.0922. The second-order valence-electron chi connectivity index (χ2n) is 11.9. The van der Waals surface area contributed by atoms with Crippen LogP contribution < -0.4 is 31.9 Å². The Balaban J connectivity index is 1.80. The van der Waals surface area contributed by atoms with Crippen LogP contribution in [-0.4, -0.2) is 89.4 Å². The maximum atomic E-state index is 13.8. The summed E-state index contributed by atoms with van der Waals surface area (Å²) in [5.74, 6) is -5.89. The Labute approximate surface area is 315 Å². The molecule has 4 atom stereocenters. The van der Waals surface area contributed by atoms with Gasteiger partial charge >= 0.3 is 5.97 Å². The standard InChI is InChI=1S/C36H40Cl2N6O9/c1-20(45)41-30(18-32(48)49)36(53)44-29(16-22-8-11-24(46)12-9-22)35(52)43-28(15-21-6-4-3-5-7-21)34(51)40-19-31(47)42-27(33(50)39-2)17-23-10-13-25(37)26(38)14-23/h3-14,27-30,46H,15-19H2,1-2H3,(H,39,50)(H,40,51)(H,41,45)(H,42,47)(H,43,52)(H,44,53)(H,48,49)/t27-,28-,29-,30-/m0/s1. The van der Waals surface area contributed by atoms with Crippen LogP contribution >= 0.6 is 23.2 Å². The number of aromatic hydroxyl groups is 1. The zero-order valence-corrected chi connectivity index (χ0v) is 30.3. The Morgan fingerprint density at radius 1 is 0.623 bits per heavy atom. The molecule has 0 aliphatic heterocycles. The Morgan fingerprint density at radius 2 is 1.15 bits per heavy atom. The van der Waals surface area contributed by atoms with Gasteiger partial charge in [0.2, 0.25) is 35.4 Å². The average Bonchev–Trinajstić information content (AvgIpc) is 3.11. The van der Waals surface area contributed by atoms with E-state index in [1.807, 2.05) is 0 Å². The summed E-state index contributed by atoms with van der Waals surface area (Å²) in [5, 5.41) is 34.5. The van der Waals surface area contributed by atoms with Crippen molar-refractivity contribution in [3.63, 3.8) is 0 Å². The molecule has 6 amide bonds. The molecule has 15 nitrogen and oxygen atoms in total. The van der Waals surface area contributed by atoms with Crippen LogP contribution in [0.5, 0.6) is 5.75 Å². The summed E-state index contributed by atoms with van der Waals surface area (Å²) in [6.45, 7) is 0.528. The van der Waals surface area contributed by atoms with E-state index >= 15 is 0 Å². The highest BCUT2D eigenvalue weighted by Gasteiger charge is 2.31. The summed E-state index contributed by atoms with van der Waals surface area (Å²) >= 11 is 12.1. The molecule has 8 N–H and O–H groups in total. The summed E-state index contributed by atoms with van der Waals surface area (Å²) in [6, 6.07) is 13.9. The lowest BCUT2D eigenvalue weighted by atomic mass is 10.0. The van der Waals surface area contributed by atoms with Crippen LogP contribution in [0.3, 0.4) is 0 Å². The Morgan fingerprint density at radius 3 is 1.72 bits per heavy atom. The van der Waals surface area contributed by atoms with Gasteiger partial charge in [-0.25, -0.2) is 0 Å². The number of aliphatic carboxylic acids is 1. The van der Waals surface area contributed by atoms with Gasteiger partial charge in [-0.1, -0.05) is 71.7 Å². The number of carbonyl (C=O) groups is 7. The van der Waals surface area contributed by atoms with Crippen molar-refractivity contribution in [3.05, 3.63) is 99.5 Å². The van der Waals surface area contributed by atoms with Crippen LogP contribution in [0.25, 0.3) is 0 Å². The second-order valence-corrected chi connectivity index (χ2v) is 12.8. The first-order valence-electron chi connectivity index (χ1n) is 16.3. The van der Waals surface area contributed by atoms with Crippen LogP contribution in [0.15, 0.2) is 72.8 Å². The Kier molecular flexibility index (Phi) is 16.1. The van der Waals surface area contributed by atoms with E-state index in [2.05, 4.69) is 31.9 Å². The van der Waals surface area contributed by atoms with Gasteiger partial charge in [-0.3, -0.25) is 33.6 Å². The molecule has 0 aliphatic rings. The van der Waals surface area contributed by atoms with Gasteiger partial charge in [-0.15, -0.1) is 0 Å². The number of amides is 6. The van der Waals surface area contributed by atoms with E-state index in [0.29, 0.717) is 21.7 Å². The van der Waals surface area contributed by atoms with Crippen molar-refractivity contribution in [2.24, 2.45) is 0 Å². The maximum Gasteiger partial charge on any atom is 0.305 e. The fourth-order valence-electron chi connectivity index (χ4n) is 5.13. The SMILES string of the molecule is CNC(=O)[C@H](Cc1ccc(Cl)c(Cl)c1)NC(=O)CNC(=O)[C@H](Cc1ccccc1)NC(=O)[C@H](Cc1ccc(O)cc1)NC(=O)[C@H](CC(=O)O)NC(C)=O. The number of benzene rings is 3. The molecule has 0 saturated heterocycles. The number of phenols is 1. The van der Waals surface area contributed by atoms with Crippen LogP contribution in [0.4, 0.5) is 0 Å². The lowest BCUT2D eigenvalue weighted by Crippen LogP contribution is -2.58. The highest BCUT2D eigenvalue weighted by Crippen LogP contribution is 2.23. The molecule has 3 rings (SSSR count). The number of nitrogens with one attached hydrogen (secondary N) is 6. The molecule has 0 fully saturated rings. The van der Waals surface area contributed by atoms with E-state index in [0.717, 1.165) is 6.92 Å². The average molecular weight is 772 g/mol. The number of phenolic OH excluding ortho intramolecular Hbond substituents is 1. The minimum atomic E-state index is -1.52. The summed E-state index contributed by atoms with van der Waals surface area (Å²) < 4.78 is 0. The van der Waals surface area contributed by atoms with E-state index in [9.17, 15) is 43.8 Å². The number of carbonyl (C=O) groups excluding carboxylic acids is 6. The molecule has 0 spiro atoms. The summed E-state index contributed by atoms with van der Waals surface area (Å²) in [6.07, 6.45) is -0.897. The van der Waals surface area contributed by atoms with Crippen molar-refractivity contribution < 1.29 is 43.8 Å². The van der Waals surface area contributed by atoms with Crippen LogP contribution in [-0.2, 0) is 52.8 Å². The predicted molar refractivity (Wildman–Crippen MR) is 195 cm³/mol. The molecule has 17 heteroatoms.